The maximum Gasteiger partial charge on any atom is 0.303 e. The molecule has 0 radical (unpaired) electrons. The molecule has 0 saturated heterocycles. The van der Waals surface area contributed by atoms with Gasteiger partial charge in [-0.2, -0.15) is 10.2 Å². The van der Waals surface area contributed by atoms with Crippen molar-refractivity contribution < 1.29 is 9.53 Å². The van der Waals surface area contributed by atoms with E-state index < -0.39 is 0 Å². The standard InChI is InChI=1S/C10H14N2O2/c1-6-5-10(7(2)12-11-6)8(3)14-9(4)13/h5,8H,1-4H3. The maximum absolute atomic E-state index is 10.8. The molecule has 1 unspecified atom stereocenters. The molecule has 1 aromatic rings. The molecule has 76 valence electrons. The summed E-state index contributed by atoms with van der Waals surface area (Å²) in [6.45, 7) is 6.93. The third-order valence-electron chi connectivity index (χ3n) is 1.92. The van der Waals surface area contributed by atoms with E-state index in [0.717, 1.165) is 17.0 Å². The lowest BCUT2D eigenvalue weighted by Gasteiger charge is -2.13. The van der Waals surface area contributed by atoms with Gasteiger partial charge in [0.25, 0.3) is 0 Å². The number of carbonyl (C=O) groups excluding carboxylic acids is 1. The van der Waals surface area contributed by atoms with Gasteiger partial charge in [0.05, 0.1) is 11.4 Å². The fraction of sp³-hybridized carbons (Fsp3) is 0.500. The van der Waals surface area contributed by atoms with Gasteiger partial charge in [0.2, 0.25) is 0 Å². The normalized spacial score (nSPS) is 12.3. The number of carbonyl (C=O) groups is 1. The molecular weight excluding hydrogens is 180 g/mol. The molecule has 0 spiro atoms. The number of hydrogen-bond donors (Lipinski definition) is 0. The van der Waals surface area contributed by atoms with Crippen LogP contribution in [-0.2, 0) is 9.53 Å². The highest BCUT2D eigenvalue weighted by molar-refractivity contribution is 5.66. The second-order valence-electron chi connectivity index (χ2n) is 3.28. The molecule has 0 saturated carbocycles. The van der Waals surface area contributed by atoms with Crippen LogP contribution in [0.2, 0.25) is 0 Å². The minimum absolute atomic E-state index is 0.262. The smallest absolute Gasteiger partial charge is 0.303 e. The van der Waals surface area contributed by atoms with Crippen LogP contribution < -0.4 is 0 Å². The average molecular weight is 194 g/mol. The van der Waals surface area contributed by atoms with E-state index in [4.69, 9.17) is 4.74 Å². The number of rotatable bonds is 2. The van der Waals surface area contributed by atoms with Crippen molar-refractivity contribution in [2.45, 2.75) is 33.8 Å². The summed E-state index contributed by atoms with van der Waals surface area (Å²) in [6.07, 6.45) is -0.262. The SMILES string of the molecule is CC(=O)OC(C)c1cc(C)nnc1C. The zero-order valence-corrected chi connectivity index (χ0v) is 8.87. The maximum atomic E-state index is 10.8. The van der Waals surface area contributed by atoms with E-state index >= 15 is 0 Å². The molecule has 0 aliphatic heterocycles. The Labute approximate surface area is 83.3 Å². The third kappa shape index (κ3) is 2.52. The molecule has 1 aromatic heterocycles. The first-order valence-corrected chi connectivity index (χ1v) is 4.48. The van der Waals surface area contributed by atoms with E-state index in [1.165, 1.54) is 6.92 Å². The van der Waals surface area contributed by atoms with Crippen LogP contribution in [0.25, 0.3) is 0 Å². The first kappa shape index (κ1) is 10.6. The van der Waals surface area contributed by atoms with Crippen LogP contribution in [0.3, 0.4) is 0 Å². The molecule has 0 aliphatic rings. The quantitative estimate of drug-likeness (QED) is 0.672. The van der Waals surface area contributed by atoms with Crippen molar-refractivity contribution in [2.75, 3.05) is 0 Å². The lowest BCUT2D eigenvalue weighted by atomic mass is 10.1. The van der Waals surface area contributed by atoms with E-state index in [0.29, 0.717) is 0 Å². The van der Waals surface area contributed by atoms with Crippen LogP contribution in [0.1, 0.15) is 36.9 Å². The number of esters is 1. The number of ether oxygens (including phenoxy) is 1. The van der Waals surface area contributed by atoms with Crippen molar-refractivity contribution in [1.82, 2.24) is 10.2 Å². The predicted molar refractivity (Wildman–Crippen MR) is 51.7 cm³/mol. The van der Waals surface area contributed by atoms with Crippen molar-refractivity contribution in [1.29, 1.82) is 0 Å². The summed E-state index contributed by atoms with van der Waals surface area (Å²) in [5.74, 6) is -0.286. The Kier molecular flexibility index (Phi) is 3.17. The monoisotopic (exact) mass is 194 g/mol. The van der Waals surface area contributed by atoms with Gasteiger partial charge in [-0.1, -0.05) is 0 Å². The summed E-state index contributed by atoms with van der Waals surface area (Å²) in [5, 5.41) is 7.88. The summed E-state index contributed by atoms with van der Waals surface area (Å²) in [4.78, 5) is 10.8. The van der Waals surface area contributed by atoms with Crippen molar-refractivity contribution in [3.63, 3.8) is 0 Å². The molecule has 0 amide bonds. The second-order valence-corrected chi connectivity index (χ2v) is 3.28. The highest BCUT2D eigenvalue weighted by Crippen LogP contribution is 2.19. The van der Waals surface area contributed by atoms with Gasteiger partial charge in [-0.05, 0) is 26.8 Å². The summed E-state index contributed by atoms with van der Waals surface area (Å²) >= 11 is 0. The third-order valence-corrected chi connectivity index (χ3v) is 1.92. The summed E-state index contributed by atoms with van der Waals surface area (Å²) in [7, 11) is 0. The number of aryl methyl sites for hydroxylation is 2. The van der Waals surface area contributed by atoms with Crippen LogP contribution in [-0.4, -0.2) is 16.2 Å². The number of hydrogen-bond acceptors (Lipinski definition) is 4. The molecule has 0 N–H and O–H groups in total. The molecule has 4 nitrogen and oxygen atoms in total. The van der Waals surface area contributed by atoms with Gasteiger partial charge in [0.1, 0.15) is 6.10 Å². The fourth-order valence-electron chi connectivity index (χ4n) is 1.29. The molecule has 1 heterocycles. The number of aromatic nitrogens is 2. The molecule has 14 heavy (non-hydrogen) atoms. The van der Waals surface area contributed by atoms with Crippen LogP contribution in [0.5, 0.6) is 0 Å². The average Bonchev–Trinajstić information content (AvgIpc) is 2.08. The molecule has 1 atom stereocenters. The highest BCUT2D eigenvalue weighted by atomic mass is 16.5. The summed E-state index contributed by atoms with van der Waals surface area (Å²) < 4.78 is 5.07. The Morgan fingerprint density at radius 1 is 1.43 bits per heavy atom. The van der Waals surface area contributed by atoms with Crippen LogP contribution >= 0.6 is 0 Å². The Hall–Kier alpha value is -1.45. The van der Waals surface area contributed by atoms with Gasteiger partial charge < -0.3 is 4.74 Å². The van der Waals surface area contributed by atoms with E-state index in [9.17, 15) is 4.79 Å². The van der Waals surface area contributed by atoms with Gasteiger partial charge in [0, 0.05) is 12.5 Å². The van der Waals surface area contributed by atoms with Crippen molar-refractivity contribution in [3.05, 3.63) is 23.0 Å². The van der Waals surface area contributed by atoms with Crippen LogP contribution in [0.15, 0.2) is 6.07 Å². The van der Waals surface area contributed by atoms with E-state index in [-0.39, 0.29) is 12.1 Å². The highest BCUT2D eigenvalue weighted by Gasteiger charge is 2.12. The molecule has 4 heteroatoms. The first-order chi connectivity index (χ1) is 6.50. The molecule has 0 aliphatic carbocycles. The Bertz CT molecular complexity index is 350. The van der Waals surface area contributed by atoms with Crippen molar-refractivity contribution in [2.24, 2.45) is 0 Å². The van der Waals surface area contributed by atoms with E-state index in [2.05, 4.69) is 10.2 Å². The Balaban J connectivity index is 2.93. The van der Waals surface area contributed by atoms with Crippen molar-refractivity contribution in [3.8, 4) is 0 Å². The van der Waals surface area contributed by atoms with Crippen molar-refractivity contribution >= 4 is 5.97 Å². The zero-order chi connectivity index (χ0) is 10.7. The fourth-order valence-corrected chi connectivity index (χ4v) is 1.29. The zero-order valence-electron chi connectivity index (χ0n) is 8.87. The molecule has 1 rings (SSSR count). The minimum atomic E-state index is -0.286. The Morgan fingerprint density at radius 2 is 2.07 bits per heavy atom. The van der Waals surface area contributed by atoms with Gasteiger partial charge in [0.15, 0.2) is 0 Å². The van der Waals surface area contributed by atoms with Crippen LogP contribution in [0.4, 0.5) is 0 Å². The van der Waals surface area contributed by atoms with Gasteiger partial charge in [-0.25, -0.2) is 0 Å². The minimum Gasteiger partial charge on any atom is -0.458 e. The van der Waals surface area contributed by atoms with Gasteiger partial charge >= 0.3 is 5.97 Å². The molecule has 0 fully saturated rings. The topological polar surface area (TPSA) is 52.1 Å². The second kappa shape index (κ2) is 4.17. The molecular formula is C10H14N2O2. The first-order valence-electron chi connectivity index (χ1n) is 4.48. The molecule has 0 bridgehead atoms. The van der Waals surface area contributed by atoms with Gasteiger partial charge in [-0.3, -0.25) is 4.79 Å². The lowest BCUT2D eigenvalue weighted by Crippen LogP contribution is -2.08. The largest absolute Gasteiger partial charge is 0.458 e. The van der Waals surface area contributed by atoms with E-state index in [1.54, 1.807) is 0 Å². The van der Waals surface area contributed by atoms with E-state index in [1.807, 2.05) is 26.8 Å². The number of nitrogens with zero attached hydrogens (tertiary/aromatic N) is 2. The van der Waals surface area contributed by atoms with Crippen LogP contribution in [0, 0.1) is 13.8 Å². The molecule has 0 aromatic carbocycles. The summed E-state index contributed by atoms with van der Waals surface area (Å²) in [6, 6.07) is 1.88. The predicted octanol–water partition coefficient (Wildman–Crippen LogP) is 1.72. The Morgan fingerprint density at radius 3 is 2.64 bits per heavy atom. The summed E-state index contributed by atoms with van der Waals surface area (Å²) in [5.41, 5.74) is 2.53. The van der Waals surface area contributed by atoms with Gasteiger partial charge in [-0.15, -0.1) is 0 Å². The lowest BCUT2D eigenvalue weighted by molar-refractivity contribution is -0.145.